The number of amides is 2. The van der Waals surface area contributed by atoms with Crippen LogP contribution in [-0.4, -0.2) is 41.2 Å². The van der Waals surface area contributed by atoms with Crippen LogP contribution in [0, 0.1) is 17.2 Å². The average molecular weight is 332 g/mol. The largest absolute Gasteiger partial charge is 0.341 e. The normalized spacial score (nSPS) is 24.2. The second-order valence-electron chi connectivity index (χ2n) is 7.40. The van der Waals surface area contributed by atoms with Crippen molar-refractivity contribution in [2.75, 3.05) is 19.6 Å². The van der Waals surface area contributed by atoms with Gasteiger partial charge in [-0.1, -0.05) is 26.0 Å². The van der Waals surface area contributed by atoms with Crippen LogP contribution in [0.5, 0.6) is 0 Å². The SMILES string of the molecule is CC(C)C(=O)N1CC[C@@]2(CCCN(Cc3ccc(F)cc3)C2=O)C1. The van der Waals surface area contributed by atoms with Gasteiger partial charge in [0.1, 0.15) is 5.82 Å². The zero-order valence-electron chi connectivity index (χ0n) is 14.4. The zero-order chi connectivity index (χ0) is 17.3. The van der Waals surface area contributed by atoms with E-state index in [2.05, 4.69) is 0 Å². The van der Waals surface area contributed by atoms with E-state index in [0.29, 0.717) is 19.6 Å². The van der Waals surface area contributed by atoms with Gasteiger partial charge < -0.3 is 9.80 Å². The molecule has 2 amide bonds. The highest BCUT2D eigenvalue weighted by atomic mass is 19.1. The molecule has 2 aliphatic heterocycles. The minimum Gasteiger partial charge on any atom is -0.341 e. The average Bonchev–Trinajstić information content (AvgIpc) is 2.98. The lowest BCUT2D eigenvalue weighted by Gasteiger charge is -2.39. The Morgan fingerprint density at radius 2 is 1.92 bits per heavy atom. The van der Waals surface area contributed by atoms with Crippen molar-refractivity contribution in [1.82, 2.24) is 9.80 Å². The molecule has 1 aromatic carbocycles. The molecule has 2 heterocycles. The summed E-state index contributed by atoms with van der Waals surface area (Å²) in [7, 11) is 0. The topological polar surface area (TPSA) is 40.6 Å². The van der Waals surface area contributed by atoms with E-state index < -0.39 is 5.41 Å². The zero-order valence-corrected chi connectivity index (χ0v) is 14.4. The van der Waals surface area contributed by atoms with Gasteiger partial charge in [-0.05, 0) is 37.0 Å². The van der Waals surface area contributed by atoms with E-state index in [1.807, 2.05) is 23.6 Å². The smallest absolute Gasteiger partial charge is 0.230 e. The Morgan fingerprint density at radius 3 is 2.58 bits per heavy atom. The van der Waals surface area contributed by atoms with Crippen molar-refractivity contribution in [3.63, 3.8) is 0 Å². The Kier molecular flexibility index (Phi) is 4.61. The minimum absolute atomic E-state index is 0.0332. The predicted octanol–water partition coefficient (Wildman–Crippen LogP) is 2.82. The van der Waals surface area contributed by atoms with Crippen LogP contribution in [0.4, 0.5) is 4.39 Å². The summed E-state index contributed by atoms with van der Waals surface area (Å²) in [6, 6.07) is 6.32. The number of benzene rings is 1. The number of carbonyl (C=O) groups excluding carboxylic acids is 2. The van der Waals surface area contributed by atoms with Crippen LogP contribution in [0.1, 0.15) is 38.7 Å². The molecular weight excluding hydrogens is 307 g/mol. The van der Waals surface area contributed by atoms with Crippen LogP contribution in [0.25, 0.3) is 0 Å². The van der Waals surface area contributed by atoms with Crippen molar-refractivity contribution < 1.29 is 14.0 Å². The lowest BCUT2D eigenvalue weighted by molar-refractivity contribution is -0.147. The van der Waals surface area contributed by atoms with E-state index in [4.69, 9.17) is 0 Å². The third kappa shape index (κ3) is 3.17. The van der Waals surface area contributed by atoms with Gasteiger partial charge in [-0.2, -0.15) is 0 Å². The summed E-state index contributed by atoms with van der Waals surface area (Å²) in [6.07, 6.45) is 2.56. The first-order valence-corrected chi connectivity index (χ1v) is 8.74. The molecule has 1 spiro atoms. The number of likely N-dealkylation sites (tertiary alicyclic amines) is 2. The van der Waals surface area contributed by atoms with Crippen molar-refractivity contribution in [1.29, 1.82) is 0 Å². The predicted molar refractivity (Wildman–Crippen MR) is 89.5 cm³/mol. The number of hydrogen-bond acceptors (Lipinski definition) is 2. The first kappa shape index (κ1) is 16.9. The summed E-state index contributed by atoms with van der Waals surface area (Å²) in [6.45, 7) is 6.26. The highest BCUT2D eigenvalue weighted by Gasteiger charge is 2.49. The van der Waals surface area contributed by atoms with Gasteiger partial charge in [-0.3, -0.25) is 9.59 Å². The molecule has 2 aliphatic rings. The molecule has 0 N–H and O–H groups in total. The van der Waals surface area contributed by atoms with E-state index in [9.17, 15) is 14.0 Å². The molecule has 2 saturated heterocycles. The molecule has 0 saturated carbocycles. The van der Waals surface area contributed by atoms with Crippen LogP contribution >= 0.6 is 0 Å². The van der Waals surface area contributed by atoms with Crippen LogP contribution in [0.3, 0.4) is 0 Å². The highest BCUT2D eigenvalue weighted by molar-refractivity contribution is 5.86. The maximum absolute atomic E-state index is 13.1. The number of nitrogens with zero attached hydrogens (tertiary/aromatic N) is 2. The monoisotopic (exact) mass is 332 g/mol. The first-order chi connectivity index (χ1) is 11.4. The summed E-state index contributed by atoms with van der Waals surface area (Å²) in [5.74, 6) is -0.0135. The maximum Gasteiger partial charge on any atom is 0.230 e. The van der Waals surface area contributed by atoms with Crippen molar-refractivity contribution in [3.8, 4) is 0 Å². The van der Waals surface area contributed by atoms with E-state index in [1.165, 1.54) is 12.1 Å². The summed E-state index contributed by atoms with van der Waals surface area (Å²) < 4.78 is 13.0. The van der Waals surface area contributed by atoms with Crippen molar-refractivity contribution >= 4 is 11.8 Å². The van der Waals surface area contributed by atoms with Crippen LogP contribution < -0.4 is 0 Å². The number of piperidine rings is 1. The second kappa shape index (κ2) is 6.54. The van der Waals surface area contributed by atoms with Crippen LogP contribution in [-0.2, 0) is 16.1 Å². The van der Waals surface area contributed by atoms with E-state index in [1.54, 1.807) is 12.1 Å². The number of rotatable bonds is 3. The molecule has 5 heteroatoms. The molecule has 1 atom stereocenters. The molecule has 0 aromatic heterocycles. The molecular formula is C19H25FN2O2. The van der Waals surface area contributed by atoms with Gasteiger partial charge in [-0.25, -0.2) is 4.39 Å². The van der Waals surface area contributed by atoms with Crippen LogP contribution in [0.15, 0.2) is 24.3 Å². The summed E-state index contributed by atoms with van der Waals surface area (Å²) in [5, 5.41) is 0. The fourth-order valence-corrected chi connectivity index (χ4v) is 3.92. The van der Waals surface area contributed by atoms with Gasteiger partial charge in [0.2, 0.25) is 11.8 Å². The second-order valence-corrected chi connectivity index (χ2v) is 7.40. The molecule has 24 heavy (non-hydrogen) atoms. The number of halogens is 1. The van der Waals surface area contributed by atoms with Crippen molar-refractivity contribution in [2.24, 2.45) is 11.3 Å². The molecule has 0 radical (unpaired) electrons. The van der Waals surface area contributed by atoms with Gasteiger partial charge in [0.15, 0.2) is 0 Å². The Morgan fingerprint density at radius 1 is 1.21 bits per heavy atom. The van der Waals surface area contributed by atoms with Gasteiger partial charge in [0, 0.05) is 32.1 Å². The van der Waals surface area contributed by atoms with E-state index in [-0.39, 0.29) is 23.5 Å². The Hall–Kier alpha value is -1.91. The molecule has 4 nitrogen and oxygen atoms in total. The third-order valence-corrected chi connectivity index (χ3v) is 5.27. The number of carbonyl (C=O) groups is 2. The van der Waals surface area contributed by atoms with E-state index in [0.717, 1.165) is 31.4 Å². The van der Waals surface area contributed by atoms with Gasteiger partial charge in [0.25, 0.3) is 0 Å². The Balaban J connectivity index is 1.71. The summed E-state index contributed by atoms with van der Waals surface area (Å²) in [5.41, 5.74) is 0.526. The lowest BCUT2D eigenvalue weighted by atomic mass is 9.78. The lowest BCUT2D eigenvalue weighted by Crippen LogP contribution is -2.50. The minimum atomic E-state index is -0.414. The molecule has 1 aromatic rings. The number of hydrogen-bond donors (Lipinski definition) is 0. The van der Waals surface area contributed by atoms with Crippen LogP contribution in [0.2, 0.25) is 0 Å². The molecule has 3 rings (SSSR count). The standard InChI is InChI=1S/C19H25FN2O2/c1-14(2)17(23)22-11-9-19(13-22)8-3-10-21(18(19)24)12-15-4-6-16(20)7-5-15/h4-7,14H,3,8-13H2,1-2H3/t19-/m0/s1. The summed E-state index contributed by atoms with van der Waals surface area (Å²) in [4.78, 5) is 29.0. The molecule has 0 bridgehead atoms. The van der Waals surface area contributed by atoms with Gasteiger partial charge in [-0.15, -0.1) is 0 Å². The highest BCUT2D eigenvalue weighted by Crippen LogP contribution is 2.40. The fourth-order valence-electron chi connectivity index (χ4n) is 3.92. The Labute approximate surface area is 142 Å². The summed E-state index contributed by atoms with van der Waals surface area (Å²) >= 11 is 0. The first-order valence-electron chi connectivity index (χ1n) is 8.74. The molecule has 0 unspecified atom stereocenters. The maximum atomic E-state index is 13.1. The quantitative estimate of drug-likeness (QED) is 0.854. The van der Waals surface area contributed by atoms with Gasteiger partial charge >= 0.3 is 0 Å². The van der Waals surface area contributed by atoms with E-state index >= 15 is 0 Å². The van der Waals surface area contributed by atoms with Crippen molar-refractivity contribution in [2.45, 2.75) is 39.7 Å². The van der Waals surface area contributed by atoms with Gasteiger partial charge in [0.05, 0.1) is 5.41 Å². The molecule has 130 valence electrons. The molecule has 0 aliphatic carbocycles. The Bertz CT molecular complexity index is 629. The molecule has 2 fully saturated rings. The van der Waals surface area contributed by atoms with Crippen molar-refractivity contribution in [3.05, 3.63) is 35.6 Å². The third-order valence-electron chi connectivity index (χ3n) is 5.27. The fraction of sp³-hybridized carbons (Fsp3) is 0.579.